The molecule has 0 unspecified atom stereocenters. The standard InChI is InChI=1S/C12H22N4O3S/c13-4-6-16-9-12(8-14-16)20(17,18)15-5-1-7-19-10-11-2-3-11/h8-9,11,15H,1-7,10,13H2. The van der Waals surface area contributed by atoms with Crippen LogP contribution in [-0.2, 0) is 21.3 Å². The van der Waals surface area contributed by atoms with E-state index in [1.807, 2.05) is 0 Å². The molecule has 0 bridgehead atoms. The van der Waals surface area contributed by atoms with Gasteiger partial charge >= 0.3 is 0 Å². The highest BCUT2D eigenvalue weighted by molar-refractivity contribution is 7.89. The summed E-state index contributed by atoms with van der Waals surface area (Å²) in [5.74, 6) is 0.736. The van der Waals surface area contributed by atoms with Gasteiger partial charge in [0, 0.05) is 32.5 Å². The molecular formula is C12H22N4O3S. The number of hydrogen-bond donors (Lipinski definition) is 2. The van der Waals surface area contributed by atoms with Crippen LogP contribution in [0.5, 0.6) is 0 Å². The number of sulfonamides is 1. The number of nitrogens with two attached hydrogens (primary N) is 1. The molecule has 1 aromatic heterocycles. The first-order chi connectivity index (χ1) is 9.62. The predicted molar refractivity (Wildman–Crippen MR) is 74.6 cm³/mol. The Labute approximate surface area is 119 Å². The molecule has 1 saturated carbocycles. The molecule has 2 rings (SSSR count). The first-order valence-electron chi connectivity index (χ1n) is 6.92. The number of hydrogen-bond acceptors (Lipinski definition) is 5. The zero-order valence-electron chi connectivity index (χ0n) is 11.5. The summed E-state index contributed by atoms with van der Waals surface area (Å²) in [6.45, 7) is 2.69. The van der Waals surface area contributed by atoms with Crippen LogP contribution in [0.4, 0.5) is 0 Å². The highest BCUT2D eigenvalue weighted by atomic mass is 32.2. The van der Waals surface area contributed by atoms with Crippen molar-refractivity contribution in [3.05, 3.63) is 12.4 Å². The fourth-order valence-corrected chi connectivity index (χ4v) is 2.76. The summed E-state index contributed by atoms with van der Waals surface area (Å²) in [5.41, 5.74) is 5.39. The van der Waals surface area contributed by atoms with E-state index in [-0.39, 0.29) is 4.90 Å². The number of rotatable bonds is 10. The minimum absolute atomic E-state index is 0.171. The molecule has 1 heterocycles. The van der Waals surface area contributed by atoms with E-state index in [1.165, 1.54) is 29.9 Å². The molecule has 0 radical (unpaired) electrons. The maximum atomic E-state index is 12.0. The summed E-state index contributed by atoms with van der Waals surface area (Å²) < 4.78 is 33.4. The van der Waals surface area contributed by atoms with Crippen LogP contribution in [0.2, 0.25) is 0 Å². The van der Waals surface area contributed by atoms with E-state index in [9.17, 15) is 8.42 Å². The average molecular weight is 302 g/mol. The maximum Gasteiger partial charge on any atom is 0.243 e. The van der Waals surface area contributed by atoms with Gasteiger partial charge in [0.1, 0.15) is 4.90 Å². The first kappa shape index (κ1) is 15.4. The van der Waals surface area contributed by atoms with Crippen LogP contribution < -0.4 is 10.5 Å². The van der Waals surface area contributed by atoms with Gasteiger partial charge in [0.15, 0.2) is 0 Å². The first-order valence-corrected chi connectivity index (χ1v) is 8.40. The Morgan fingerprint density at radius 2 is 2.30 bits per heavy atom. The highest BCUT2D eigenvalue weighted by Crippen LogP contribution is 2.28. The van der Waals surface area contributed by atoms with Crippen molar-refractivity contribution < 1.29 is 13.2 Å². The molecule has 0 aliphatic heterocycles. The van der Waals surface area contributed by atoms with Crippen LogP contribution in [0.15, 0.2) is 17.3 Å². The number of ether oxygens (including phenoxy) is 1. The van der Waals surface area contributed by atoms with Crippen LogP contribution in [0.1, 0.15) is 19.3 Å². The van der Waals surface area contributed by atoms with E-state index >= 15 is 0 Å². The third-order valence-electron chi connectivity index (χ3n) is 3.09. The van der Waals surface area contributed by atoms with Crippen LogP contribution in [-0.4, -0.2) is 44.5 Å². The second kappa shape index (κ2) is 7.16. The van der Waals surface area contributed by atoms with Gasteiger partial charge in [-0.3, -0.25) is 4.68 Å². The SMILES string of the molecule is NCCn1cc(S(=O)(=O)NCCCOCC2CC2)cn1. The Bertz CT molecular complexity index is 511. The van der Waals surface area contributed by atoms with Gasteiger partial charge in [-0.25, -0.2) is 13.1 Å². The summed E-state index contributed by atoms with van der Waals surface area (Å²) in [4.78, 5) is 0.171. The van der Waals surface area contributed by atoms with Gasteiger partial charge in [-0.15, -0.1) is 0 Å². The smallest absolute Gasteiger partial charge is 0.243 e. The minimum atomic E-state index is -3.48. The zero-order valence-corrected chi connectivity index (χ0v) is 12.3. The summed E-state index contributed by atoms with van der Waals surface area (Å²) in [5, 5.41) is 3.95. The topological polar surface area (TPSA) is 99.2 Å². The summed E-state index contributed by atoms with van der Waals surface area (Å²) in [7, 11) is -3.48. The van der Waals surface area contributed by atoms with Crippen molar-refractivity contribution in [3.63, 3.8) is 0 Å². The van der Waals surface area contributed by atoms with Crippen LogP contribution in [0.25, 0.3) is 0 Å². The second-order valence-corrected chi connectivity index (χ2v) is 6.76. The Balaban J connectivity index is 1.68. The zero-order chi connectivity index (χ0) is 14.4. The van der Waals surface area contributed by atoms with E-state index in [0.717, 1.165) is 12.5 Å². The lowest BCUT2D eigenvalue weighted by atomic mass is 10.4. The Hall–Kier alpha value is -0.960. The molecule has 1 aromatic rings. The molecule has 0 atom stereocenters. The number of aromatic nitrogens is 2. The largest absolute Gasteiger partial charge is 0.381 e. The van der Waals surface area contributed by atoms with Crippen molar-refractivity contribution in [1.29, 1.82) is 0 Å². The summed E-state index contributed by atoms with van der Waals surface area (Å²) in [6.07, 6.45) is 6.02. The van der Waals surface area contributed by atoms with Crippen molar-refractivity contribution in [1.82, 2.24) is 14.5 Å². The fraction of sp³-hybridized carbons (Fsp3) is 0.750. The molecule has 0 saturated heterocycles. The van der Waals surface area contributed by atoms with Gasteiger partial charge in [0.25, 0.3) is 0 Å². The molecule has 20 heavy (non-hydrogen) atoms. The molecule has 1 aliphatic rings. The summed E-state index contributed by atoms with van der Waals surface area (Å²) >= 11 is 0. The van der Waals surface area contributed by atoms with Gasteiger partial charge in [0.05, 0.1) is 12.7 Å². The molecule has 1 aliphatic carbocycles. The van der Waals surface area contributed by atoms with Crippen molar-refractivity contribution >= 4 is 10.0 Å². The monoisotopic (exact) mass is 302 g/mol. The number of nitrogens with one attached hydrogen (secondary N) is 1. The lowest BCUT2D eigenvalue weighted by Crippen LogP contribution is -2.25. The second-order valence-electron chi connectivity index (χ2n) is 5.00. The minimum Gasteiger partial charge on any atom is -0.381 e. The van der Waals surface area contributed by atoms with Crippen LogP contribution in [0, 0.1) is 5.92 Å². The van der Waals surface area contributed by atoms with Gasteiger partial charge in [-0.1, -0.05) is 0 Å². The van der Waals surface area contributed by atoms with Crippen LogP contribution in [0.3, 0.4) is 0 Å². The molecule has 0 spiro atoms. The predicted octanol–water partition coefficient (Wildman–Crippen LogP) is -0.0632. The number of nitrogens with zero attached hydrogens (tertiary/aromatic N) is 2. The van der Waals surface area contributed by atoms with E-state index in [1.54, 1.807) is 0 Å². The van der Waals surface area contributed by atoms with E-state index in [4.69, 9.17) is 10.5 Å². The molecular weight excluding hydrogens is 280 g/mol. The van der Waals surface area contributed by atoms with Gasteiger partial charge in [-0.2, -0.15) is 5.10 Å². The summed E-state index contributed by atoms with van der Waals surface area (Å²) in [6, 6.07) is 0. The maximum absolute atomic E-state index is 12.0. The van der Waals surface area contributed by atoms with E-state index < -0.39 is 10.0 Å². The van der Waals surface area contributed by atoms with E-state index in [0.29, 0.717) is 32.7 Å². The lowest BCUT2D eigenvalue weighted by molar-refractivity contribution is 0.123. The molecule has 1 fully saturated rings. The molecule has 7 nitrogen and oxygen atoms in total. The van der Waals surface area contributed by atoms with Crippen molar-refractivity contribution in [2.45, 2.75) is 30.7 Å². The van der Waals surface area contributed by atoms with Crippen molar-refractivity contribution in [3.8, 4) is 0 Å². The van der Waals surface area contributed by atoms with Gasteiger partial charge in [0.2, 0.25) is 10.0 Å². The Morgan fingerprint density at radius 3 is 3.00 bits per heavy atom. The molecule has 3 N–H and O–H groups in total. The lowest BCUT2D eigenvalue weighted by Gasteiger charge is -2.05. The molecule has 0 amide bonds. The Morgan fingerprint density at radius 1 is 1.50 bits per heavy atom. The normalized spacial score (nSPS) is 15.7. The molecule has 8 heteroatoms. The van der Waals surface area contributed by atoms with Crippen molar-refractivity contribution in [2.75, 3.05) is 26.3 Å². The third-order valence-corrected chi connectivity index (χ3v) is 4.50. The highest BCUT2D eigenvalue weighted by Gasteiger charge is 2.21. The van der Waals surface area contributed by atoms with Gasteiger partial charge < -0.3 is 10.5 Å². The third kappa shape index (κ3) is 4.86. The van der Waals surface area contributed by atoms with Gasteiger partial charge in [-0.05, 0) is 25.2 Å². The van der Waals surface area contributed by atoms with Crippen LogP contribution >= 0.6 is 0 Å². The average Bonchev–Trinajstić information content (AvgIpc) is 3.11. The van der Waals surface area contributed by atoms with E-state index in [2.05, 4.69) is 9.82 Å². The van der Waals surface area contributed by atoms with Crippen molar-refractivity contribution in [2.24, 2.45) is 11.7 Å². The Kier molecular flexibility index (Phi) is 5.53. The molecule has 0 aromatic carbocycles. The quantitative estimate of drug-likeness (QED) is 0.590. The molecule has 114 valence electrons. The fourth-order valence-electron chi connectivity index (χ4n) is 1.74.